The quantitative estimate of drug-likeness (QED) is 0.664. The van der Waals surface area contributed by atoms with Crippen LogP contribution in [0.25, 0.3) is 0 Å². The Morgan fingerprint density at radius 1 is 1.29 bits per heavy atom. The van der Waals surface area contributed by atoms with Crippen LogP contribution in [0.1, 0.15) is 44.4 Å². The Morgan fingerprint density at radius 2 is 1.93 bits per heavy atom. The second kappa shape index (κ2) is 8.49. The van der Waals surface area contributed by atoms with Crippen LogP contribution in [0, 0.1) is 17.1 Å². The molecule has 0 aliphatic carbocycles. The molecule has 2 rings (SSSR count). The lowest BCUT2D eigenvalue weighted by molar-refractivity contribution is 0.0947. The number of halogens is 2. The number of carbonyl (C=O) groups is 1. The van der Waals surface area contributed by atoms with E-state index in [1.165, 1.54) is 18.2 Å². The summed E-state index contributed by atoms with van der Waals surface area (Å²) in [5.74, 6) is -0.389. The van der Waals surface area contributed by atoms with Gasteiger partial charge in [0.25, 0.3) is 0 Å². The summed E-state index contributed by atoms with van der Waals surface area (Å²) in [7, 11) is 0. The molecule has 1 N–H and O–H groups in total. The molecule has 7 heteroatoms. The van der Waals surface area contributed by atoms with Crippen molar-refractivity contribution < 1.29 is 19.0 Å². The van der Waals surface area contributed by atoms with Crippen LogP contribution in [0.5, 0.6) is 11.5 Å². The predicted molar refractivity (Wildman–Crippen MR) is 105 cm³/mol. The number of nitrogens with zero attached hydrogens (tertiary/aromatic N) is 2. The maximum atomic E-state index is 15.3. The summed E-state index contributed by atoms with van der Waals surface area (Å²) in [5, 5.41) is 18.9. The second-order valence-electron chi connectivity index (χ2n) is 7.31. The minimum absolute atomic E-state index is 0.00500. The maximum absolute atomic E-state index is 15.3. The number of ether oxygens (including phenoxy) is 1. The van der Waals surface area contributed by atoms with Gasteiger partial charge < -0.3 is 9.84 Å². The fraction of sp³-hybridized carbons (Fsp3) is 0.333. The van der Waals surface area contributed by atoms with Crippen molar-refractivity contribution in [3.05, 3.63) is 57.9 Å². The number of aryl methyl sites for hydroxylation is 1. The topological polar surface area (TPSA) is 73.6 Å². The van der Waals surface area contributed by atoms with Crippen molar-refractivity contribution in [3.8, 4) is 17.6 Å². The number of benzene rings is 2. The summed E-state index contributed by atoms with van der Waals surface area (Å²) in [4.78, 5) is 12.8. The monoisotopic (exact) mass is 404 g/mol. The van der Waals surface area contributed by atoms with Gasteiger partial charge in [0, 0.05) is 16.1 Å². The Labute approximate surface area is 168 Å². The van der Waals surface area contributed by atoms with Gasteiger partial charge in [-0.3, -0.25) is 4.90 Å². The molecule has 2 aromatic rings. The van der Waals surface area contributed by atoms with Gasteiger partial charge in [0.2, 0.25) is 0 Å². The summed E-state index contributed by atoms with van der Waals surface area (Å²) in [5.41, 5.74) is 0.420. The third-order valence-electron chi connectivity index (χ3n) is 4.23. The highest BCUT2D eigenvalue weighted by Crippen LogP contribution is 2.34. The highest BCUT2D eigenvalue weighted by Gasteiger charge is 2.28. The molecule has 0 atom stereocenters. The normalized spacial score (nSPS) is 11.0. The van der Waals surface area contributed by atoms with E-state index in [9.17, 15) is 9.90 Å². The Kier molecular flexibility index (Phi) is 6.52. The summed E-state index contributed by atoms with van der Waals surface area (Å²) >= 11 is 6.00. The number of nitriles is 1. The van der Waals surface area contributed by atoms with Gasteiger partial charge in [-0.2, -0.15) is 5.26 Å². The molecule has 0 heterocycles. The number of hydrogen-bond acceptors (Lipinski definition) is 3. The van der Waals surface area contributed by atoms with Crippen molar-refractivity contribution in [2.45, 2.75) is 46.2 Å². The summed E-state index contributed by atoms with van der Waals surface area (Å²) in [6.45, 7) is 6.97. The molecular formula is C21H22ClFN2O3. The van der Waals surface area contributed by atoms with E-state index in [4.69, 9.17) is 21.6 Å². The average molecular weight is 405 g/mol. The van der Waals surface area contributed by atoms with Crippen molar-refractivity contribution in [2.75, 3.05) is 0 Å². The zero-order valence-electron chi connectivity index (χ0n) is 16.2. The van der Waals surface area contributed by atoms with E-state index in [0.29, 0.717) is 22.6 Å². The van der Waals surface area contributed by atoms with Gasteiger partial charge in [-0.1, -0.05) is 30.7 Å². The van der Waals surface area contributed by atoms with Crippen molar-refractivity contribution in [1.29, 1.82) is 5.26 Å². The van der Waals surface area contributed by atoms with Gasteiger partial charge in [0.15, 0.2) is 11.6 Å². The van der Waals surface area contributed by atoms with Gasteiger partial charge in [-0.25, -0.2) is 9.18 Å². The van der Waals surface area contributed by atoms with Crippen LogP contribution < -0.4 is 4.74 Å². The van der Waals surface area contributed by atoms with Crippen LogP contribution in [-0.2, 0) is 13.0 Å². The van der Waals surface area contributed by atoms with Crippen LogP contribution >= 0.6 is 11.6 Å². The molecule has 0 saturated heterocycles. The Hall–Kier alpha value is -2.78. The van der Waals surface area contributed by atoms with Crippen molar-refractivity contribution in [1.82, 2.24) is 4.90 Å². The molecule has 0 fully saturated rings. The molecule has 2 aromatic carbocycles. The second-order valence-corrected chi connectivity index (χ2v) is 7.75. The number of carboxylic acid groups (broad SMARTS) is 1. The van der Waals surface area contributed by atoms with Gasteiger partial charge >= 0.3 is 6.09 Å². The molecule has 1 amide bonds. The number of hydrogen-bond donors (Lipinski definition) is 1. The highest BCUT2D eigenvalue weighted by molar-refractivity contribution is 6.30. The van der Waals surface area contributed by atoms with Crippen LogP contribution in [0.2, 0.25) is 5.02 Å². The molecule has 0 aliphatic rings. The average Bonchev–Trinajstić information content (AvgIpc) is 2.60. The smallest absolute Gasteiger partial charge is 0.408 e. The maximum Gasteiger partial charge on any atom is 0.408 e. The molecule has 0 aliphatic heterocycles. The van der Waals surface area contributed by atoms with Crippen LogP contribution in [0.15, 0.2) is 30.3 Å². The molecule has 0 saturated carbocycles. The fourth-order valence-electron chi connectivity index (χ4n) is 2.71. The van der Waals surface area contributed by atoms with Crippen LogP contribution in [0.4, 0.5) is 9.18 Å². The molecule has 0 bridgehead atoms. The molecular weight excluding hydrogens is 383 g/mol. The molecule has 0 spiro atoms. The molecule has 0 unspecified atom stereocenters. The first kappa shape index (κ1) is 21.5. The molecule has 148 valence electrons. The lowest BCUT2D eigenvalue weighted by Gasteiger charge is -2.33. The third kappa shape index (κ3) is 4.93. The van der Waals surface area contributed by atoms with Gasteiger partial charge in [-0.05, 0) is 51.0 Å². The SMILES string of the molecule is CCc1ccc(CN(C(=O)O)C(C)(C)C)c(F)c1Oc1cc(Cl)cc(C#N)c1. The van der Waals surface area contributed by atoms with Gasteiger partial charge in [0.05, 0.1) is 18.2 Å². The standard InChI is InChI=1S/C21H22ClFN2O3/c1-5-14-6-7-15(12-25(20(26)27)21(2,3)4)18(23)19(14)28-17-9-13(11-24)8-16(22)10-17/h6-10H,5,12H2,1-4H3,(H,26,27). The minimum Gasteiger partial charge on any atom is -0.465 e. The lowest BCUT2D eigenvalue weighted by atomic mass is 10.0. The third-order valence-corrected chi connectivity index (χ3v) is 4.45. The Morgan fingerprint density at radius 3 is 2.46 bits per heavy atom. The molecule has 28 heavy (non-hydrogen) atoms. The van der Waals surface area contributed by atoms with Crippen molar-refractivity contribution in [3.63, 3.8) is 0 Å². The first-order chi connectivity index (χ1) is 13.1. The van der Waals surface area contributed by atoms with E-state index in [1.807, 2.05) is 13.0 Å². The van der Waals surface area contributed by atoms with E-state index in [1.54, 1.807) is 32.9 Å². The van der Waals surface area contributed by atoms with E-state index in [2.05, 4.69) is 0 Å². The zero-order valence-corrected chi connectivity index (χ0v) is 17.0. The Bertz CT molecular complexity index is 932. The highest BCUT2D eigenvalue weighted by atomic mass is 35.5. The van der Waals surface area contributed by atoms with Crippen LogP contribution in [-0.4, -0.2) is 21.6 Å². The van der Waals surface area contributed by atoms with E-state index in [0.717, 1.165) is 4.90 Å². The molecule has 0 aromatic heterocycles. The van der Waals surface area contributed by atoms with Gasteiger partial charge in [0.1, 0.15) is 5.75 Å². The fourth-order valence-corrected chi connectivity index (χ4v) is 2.94. The van der Waals surface area contributed by atoms with Crippen LogP contribution in [0.3, 0.4) is 0 Å². The van der Waals surface area contributed by atoms with Crippen molar-refractivity contribution >= 4 is 17.7 Å². The van der Waals surface area contributed by atoms with Crippen molar-refractivity contribution in [2.24, 2.45) is 0 Å². The summed E-state index contributed by atoms with van der Waals surface area (Å²) < 4.78 is 21.0. The Balaban J connectivity index is 2.48. The number of rotatable bonds is 5. The predicted octanol–water partition coefficient (Wildman–Crippen LogP) is 5.98. The summed E-state index contributed by atoms with van der Waals surface area (Å²) in [6, 6.07) is 9.70. The van der Waals surface area contributed by atoms with E-state index >= 15 is 4.39 Å². The van der Waals surface area contributed by atoms with E-state index in [-0.39, 0.29) is 23.6 Å². The minimum atomic E-state index is -1.14. The summed E-state index contributed by atoms with van der Waals surface area (Å²) in [6.07, 6.45) is -0.623. The largest absolute Gasteiger partial charge is 0.465 e. The molecule has 0 radical (unpaired) electrons. The lowest BCUT2D eigenvalue weighted by Crippen LogP contribution is -2.44. The number of amides is 1. The van der Waals surface area contributed by atoms with Gasteiger partial charge in [-0.15, -0.1) is 0 Å². The zero-order chi connectivity index (χ0) is 21.1. The first-order valence-electron chi connectivity index (χ1n) is 8.76. The first-order valence-corrected chi connectivity index (χ1v) is 9.14. The van der Waals surface area contributed by atoms with E-state index < -0.39 is 17.4 Å². The molecule has 5 nitrogen and oxygen atoms in total.